The molecular weight excluding hydrogens is 237 g/mol. The molecule has 102 valence electrons. The number of hydrogen-bond donors (Lipinski definition) is 1. The van der Waals surface area contributed by atoms with Crippen molar-refractivity contribution in [2.75, 3.05) is 0 Å². The zero-order chi connectivity index (χ0) is 13.0. The molecule has 1 N–H and O–H groups in total. The Balaban J connectivity index is 1.36. The molecule has 0 saturated heterocycles. The summed E-state index contributed by atoms with van der Waals surface area (Å²) in [4.78, 5) is 0. The first-order valence-electron chi connectivity index (χ1n) is 7.73. The molecule has 3 aliphatic carbocycles. The van der Waals surface area contributed by atoms with Crippen LogP contribution in [-0.2, 0) is 6.42 Å². The van der Waals surface area contributed by atoms with Crippen molar-refractivity contribution in [2.45, 2.75) is 44.7 Å². The van der Waals surface area contributed by atoms with Crippen LogP contribution < -0.4 is 5.32 Å². The van der Waals surface area contributed by atoms with Gasteiger partial charge in [0.05, 0.1) is 0 Å². The molecular formula is C17H22FN. The molecule has 5 atom stereocenters. The molecule has 0 amide bonds. The van der Waals surface area contributed by atoms with Gasteiger partial charge in [-0.05, 0) is 67.9 Å². The minimum atomic E-state index is -0.0628. The van der Waals surface area contributed by atoms with Crippen LogP contribution in [0.5, 0.6) is 0 Å². The minimum Gasteiger partial charge on any atom is -0.311 e. The first kappa shape index (κ1) is 11.9. The summed E-state index contributed by atoms with van der Waals surface area (Å²) in [5.74, 6) is 3.87. The maximum atomic E-state index is 13.6. The molecule has 5 unspecified atom stereocenters. The normalized spacial score (nSPS) is 40.2. The Hall–Kier alpha value is -0.890. The van der Waals surface area contributed by atoms with E-state index < -0.39 is 0 Å². The molecule has 4 rings (SSSR count). The van der Waals surface area contributed by atoms with Gasteiger partial charge in [0.25, 0.3) is 0 Å². The Morgan fingerprint density at radius 1 is 1.21 bits per heavy atom. The van der Waals surface area contributed by atoms with Crippen LogP contribution in [0.25, 0.3) is 0 Å². The third kappa shape index (κ3) is 1.92. The molecule has 0 aromatic heterocycles. The van der Waals surface area contributed by atoms with Crippen molar-refractivity contribution >= 4 is 0 Å². The van der Waals surface area contributed by atoms with Crippen molar-refractivity contribution in [3.63, 3.8) is 0 Å². The van der Waals surface area contributed by atoms with Crippen LogP contribution in [0.3, 0.4) is 0 Å². The van der Waals surface area contributed by atoms with Crippen molar-refractivity contribution in [3.05, 3.63) is 35.6 Å². The molecule has 1 aromatic carbocycles. The lowest BCUT2D eigenvalue weighted by molar-refractivity contribution is 0.424. The quantitative estimate of drug-likeness (QED) is 0.874. The van der Waals surface area contributed by atoms with E-state index in [9.17, 15) is 4.39 Å². The molecule has 0 heterocycles. The largest absolute Gasteiger partial charge is 0.311 e. The van der Waals surface area contributed by atoms with E-state index in [1.165, 1.54) is 19.3 Å². The first-order chi connectivity index (χ1) is 9.24. The minimum absolute atomic E-state index is 0.0628. The van der Waals surface area contributed by atoms with Gasteiger partial charge in [0.15, 0.2) is 0 Å². The van der Waals surface area contributed by atoms with Crippen LogP contribution in [-0.4, -0.2) is 12.1 Å². The number of fused-ring (bicyclic) bond motifs is 5. The molecule has 3 fully saturated rings. The van der Waals surface area contributed by atoms with Gasteiger partial charge < -0.3 is 5.32 Å². The van der Waals surface area contributed by atoms with Gasteiger partial charge in [0, 0.05) is 12.1 Å². The molecule has 19 heavy (non-hydrogen) atoms. The van der Waals surface area contributed by atoms with E-state index in [1.54, 1.807) is 12.1 Å². The van der Waals surface area contributed by atoms with Gasteiger partial charge in [0.1, 0.15) is 5.82 Å². The molecule has 3 aliphatic rings. The summed E-state index contributed by atoms with van der Waals surface area (Å²) in [6.45, 7) is 2.20. The topological polar surface area (TPSA) is 12.0 Å². The standard InChI is InChI=1S/C17H22FN/c1-10(8-11-4-2-3-5-14(11)18)19-17-15-12-6-7-13(9-12)16(15)17/h2-5,10,12-13,15-17,19H,6-9H2,1H3. The monoisotopic (exact) mass is 259 g/mol. The van der Waals surface area contributed by atoms with E-state index in [1.807, 2.05) is 12.1 Å². The molecule has 0 aliphatic heterocycles. The molecule has 2 heteroatoms. The second-order valence-corrected chi connectivity index (χ2v) is 6.88. The van der Waals surface area contributed by atoms with Gasteiger partial charge in [-0.3, -0.25) is 0 Å². The predicted octanol–water partition coefficient (Wildman–Crippen LogP) is 3.39. The fraction of sp³-hybridized carbons (Fsp3) is 0.647. The molecule has 0 radical (unpaired) electrons. The summed E-state index contributed by atoms with van der Waals surface area (Å²) < 4.78 is 13.6. The number of rotatable bonds is 4. The van der Waals surface area contributed by atoms with Crippen molar-refractivity contribution < 1.29 is 4.39 Å². The van der Waals surface area contributed by atoms with Crippen LogP contribution in [0.15, 0.2) is 24.3 Å². The zero-order valence-corrected chi connectivity index (χ0v) is 11.5. The predicted molar refractivity (Wildman–Crippen MR) is 74.3 cm³/mol. The average molecular weight is 259 g/mol. The molecule has 1 aromatic rings. The first-order valence-corrected chi connectivity index (χ1v) is 7.73. The summed E-state index contributed by atoms with van der Waals surface area (Å²) in [7, 11) is 0. The highest BCUT2D eigenvalue weighted by Gasteiger charge is 2.64. The molecule has 0 spiro atoms. The van der Waals surface area contributed by atoms with E-state index in [-0.39, 0.29) is 5.82 Å². The lowest BCUT2D eigenvalue weighted by Gasteiger charge is -2.17. The fourth-order valence-corrected chi connectivity index (χ4v) is 4.93. The highest BCUT2D eigenvalue weighted by Crippen LogP contribution is 2.65. The second kappa shape index (κ2) is 4.31. The van der Waals surface area contributed by atoms with E-state index >= 15 is 0 Å². The summed E-state index contributed by atoms with van der Waals surface area (Å²) in [6.07, 6.45) is 5.23. The molecule has 2 bridgehead atoms. The van der Waals surface area contributed by atoms with Crippen LogP contribution in [0.2, 0.25) is 0 Å². The summed E-state index contributed by atoms with van der Waals surface area (Å²) in [5, 5.41) is 3.77. The molecule has 3 saturated carbocycles. The Kier molecular flexibility index (Phi) is 2.70. The van der Waals surface area contributed by atoms with E-state index in [0.717, 1.165) is 41.7 Å². The van der Waals surface area contributed by atoms with Crippen molar-refractivity contribution in [3.8, 4) is 0 Å². The smallest absolute Gasteiger partial charge is 0.126 e. The van der Waals surface area contributed by atoms with E-state index in [2.05, 4.69) is 12.2 Å². The fourth-order valence-electron chi connectivity index (χ4n) is 4.93. The van der Waals surface area contributed by atoms with Gasteiger partial charge in [-0.1, -0.05) is 18.2 Å². The van der Waals surface area contributed by atoms with E-state index in [4.69, 9.17) is 0 Å². The Morgan fingerprint density at radius 3 is 2.58 bits per heavy atom. The Morgan fingerprint density at radius 2 is 1.89 bits per heavy atom. The number of hydrogen-bond acceptors (Lipinski definition) is 1. The Bertz CT molecular complexity index is 470. The highest BCUT2D eigenvalue weighted by atomic mass is 19.1. The highest BCUT2D eigenvalue weighted by molar-refractivity contribution is 5.20. The summed E-state index contributed by atoms with van der Waals surface area (Å²) in [5.41, 5.74) is 0.844. The number of nitrogens with one attached hydrogen (secondary N) is 1. The molecule has 1 nitrogen and oxygen atoms in total. The van der Waals surface area contributed by atoms with Crippen LogP contribution in [0.1, 0.15) is 31.7 Å². The summed E-state index contributed by atoms with van der Waals surface area (Å²) >= 11 is 0. The van der Waals surface area contributed by atoms with Crippen LogP contribution in [0, 0.1) is 29.5 Å². The van der Waals surface area contributed by atoms with Crippen molar-refractivity contribution in [1.29, 1.82) is 0 Å². The third-order valence-corrected chi connectivity index (χ3v) is 5.70. The summed E-state index contributed by atoms with van der Waals surface area (Å²) in [6, 6.07) is 8.29. The lowest BCUT2D eigenvalue weighted by Crippen LogP contribution is -2.33. The maximum absolute atomic E-state index is 13.6. The second-order valence-electron chi connectivity index (χ2n) is 6.88. The maximum Gasteiger partial charge on any atom is 0.126 e. The average Bonchev–Trinajstić information content (AvgIpc) is 2.81. The van der Waals surface area contributed by atoms with E-state index in [0.29, 0.717) is 6.04 Å². The van der Waals surface area contributed by atoms with Gasteiger partial charge in [-0.2, -0.15) is 0 Å². The number of benzene rings is 1. The van der Waals surface area contributed by atoms with Gasteiger partial charge >= 0.3 is 0 Å². The van der Waals surface area contributed by atoms with Crippen LogP contribution >= 0.6 is 0 Å². The van der Waals surface area contributed by atoms with Crippen LogP contribution in [0.4, 0.5) is 4.39 Å². The number of halogens is 1. The van der Waals surface area contributed by atoms with Gasteiger partial charge in [0.2, 0.25) is 0 Å². The van der Waals surface area contributed by atoms with Crippen molar-refractivity contribution in [2.24, 2.45) is 23.7 Å². The van der Waals surface area contributed by atoms with Gasteiger partial charge in [-0.15, -0.1) is 0 Å². The third-order valence-electron chi connectivity index (χ3n) is 5.70. The lowest BCUT2D eigenvalue weighted by atomic mass is 10.0. The SMILES string of the molecule is CC(Cc1ccccc1F)NC1C2C3CCC(C3)C12. The zero-order valence-electron chi connectivity index (χ0n) is 11.5. The Labute approximate surface area is 114 Å². The van der Waals surface area contributed by atoms with Crippen molar-refractivity contribution in [1.82, 2.24) is 5.32 Å². The van der Waals surface area contributed by atoms with Gasteiger partial charge in [-0.25, -0.2) is 4.39 Å².